The Morgan fingerprint density at radius 1 is 0.600 bits per heavy atom. The maximum absolute atomic E-state index is 5.00. The van der Waals surface area contributed by atoms with E-state index in [4.69, 9.17) is 38.6 Å². The normalized spacial score (nSPS) is 7.40. The van der Waals surface area contributed by atoms with Crippen LogP contribution in [0.4, 0.5) is 0 Å². The first-order valence-electron chi connectivity index (χ1n) is 1.66. The third kappa shape index (κ3) is 1060. The van der Waals surface area contributed by atoms with Crippen LogP contribution in [0, 0.1) is 12.8 Å². The first kappa shape index (κ1) is 17.0. The van der Waals surface area contributed by atoms with E-state index in [0.717, 1.165) is 0 Å². The molecule has 0 atom stereocenters. The van der Waals surface area contributed by atoms with Crippen molar-refractivity contribution < 1.29 is 36.1 Å². The Hall–Kier alpha value is 0.697. The zero-order valence-electron chi connectivity index (χ0n) is 5.28. The van der Waals surface area contributed by atoms with Crippen molar-refractivity contribution in [3.8, 4) is 0 Å². The van der Waals surface area contributed by atoms with Gasteiger partial charge in [0.05, 0.1) is 0 Å². The first-order chi connectivity index (χ1) is 4.46. The van der Waals surface area contributed by atoms with Gasteiger partial charge in [-0.15, -0.1) is 0 Å². The molecule has 0 unspecified atom stereocenters. The van der Waals surface area contributed by atoms with Crippen molar-refractivity contribution in [3.05, 3.63) is 12.8 Å². The van der Waals surface area contributed by atoms with Gasteiger partial charge < -0.3 is 12.8 Å². The summed E-state index contributed by atoms with van der Waals surface area (Å²) in [6.45, 7) is 0. The Morgan fingerprint density at radius 3 is 0.600 bits per heavy atom. The van der Waals surface area contributed by atoms with Crippen LogP contribution in [0.2, 0.25) is 0 Å². The molecule has 0 aromatic heterocycles. The van der Waals surface area contributed by atoms with E-state index < -0.39 is 36.1 Å². The first-order valence-corrected chi connectivity index (χ1v) is 8.62. The topological polar surface area (TPSA) is 156 Å². The molecule has 10 heavy (non-hydrogen) atoms. The molecule has 0 fully saturated rings. The van der Waals surface area contributed by atoms with Gasteiger partial charge in [0.25, 0.3) is 0 Å². The van der Waals surface area contributed by atoms with Crippen LogP contribution in [0.1, 0.15) is 0 Å². The molecule has 0 aromatic rings. The molecule has 0 aliphatic heterocycles. The van der Waals surface area contributed by atoms with Crippen LogP contribution in [-0.4, -0.2) is 0 Å². The van der Waals surface area contributed by atoms with E-state index in [1.54, 1.807) is 0 Å². The Labute approximate surface area is 74.5 Å². The molecular formula is C2H12Mo2N6. The second-order valence-electron chi connectivity index (χ2n) is 0.816. The summed E-state index contributed by atoms with van der Waals surface area (Å²) in [6, 6.07) is 0. The van der Waals surface area contributed by atoms with E-state index in [2.05, 4.69) is 0 Å². The molecule has 0 bridgehead atoms. The molecule has 0 heterocycles. The molecule has 6 nitrogen and oxygen atoms in total. The third-order valence-electron chi connectivity index (χ3n) is 0. The van der Waals surface area contributed by atoms with Gasteiger partial charge in [-0.05, 0) is 0 Å². The van der Waals surface area contributed by atoms with Crippen LogP contribution in [0.3, 0.4) is 0 Å². The Balaban J connectivity index is -0.0000000787. The second kappa shape index (κ2) is 16.4. The molecule has 0 aromatic carbocycles. The summed E-state index contributed by atoms with van der Waals surface area (Å²) in [4.78, 5) is 0. The molecule has 62 valence electrons. The summed E-state index contributed by atoms with van der Waals surface area (Å²) in [7, 11) is 0. The molecule has 0 rings (SSSR count). The molecule has 0 radical (unpaired) electrons. The van der Waals surface area contributed by atoms with Crippen LogP contribution in [0.25, 0.3) is 0 Å². The van der Waals surface area contributed by atoms with Gasteiger partial charge in [-0.2, -0.15) is 0 Å². The van der Waals surface area contributed by atoms with E-state index in [1.165, 1.54) is 0 Å². The molecule has 0 aliphatic rings. The van der Waals surface area contributed by atoms with Gasteiger partial charge in [-0.25, -0.2) is 0 Å². The number of nitrogens with two attached hydrogens (primary N) is 6. The minimum absolute atomic E-state index is 1.86. The Bertz CT molecular complexity index is 50.5. The minimum atomic E-state index is -1.86. The standard InChI is InChI=1S/C2.2Mo.6H2N/c1-2;;;;;;;;/h;;;6*1H2/q-2;2*+4;6*-1. The van der Waals surface area contributed by atoms with E-state index in [-0.39, 0.29) is 0 Å². The fourth-order valence-corrected chi connectivity index (χ4v) is 0. The monoisotopic (exact) mass is 316 g/mol. The van der Waals surface area contributed by atoms with Crippen molar-refractivity contribution in [1.29, 1.82) is 0 Å². The molecular weight excluding hydrogens is 300 g/mol. The van der Waals surface area contributed by atoms with Gasteiger partial charge in [0.1, 0.15) is 0 Å². The third-order valence-corrected chi connectivity index (χ3v) is 0. The number of rotatable bonds is 0. The summed E-state index contributed by atoms with van der Waals surface area (Å²) in [5, 5.41) is 0. The van der Waals surface area contributed by atoms with Gasteiger partial charge in [-0.1, -0.05) is 0 Å². The molecule has 0 spiro atoms. The van der Waals surface area contributed by atoms with E-state index in [9.17, 15) is 0 Å². The molecule has 0 aliphatic carbocycles. The van der Waals surface area contributed by atoms with Crippen molar-refractivity contribution in [3.63, 3.8) is 0 Å². The van der Waals surface area contributed by atoms with Crippen LogP contribution in [0.5, 0.6) is 0 Å². The summed E-state index contributed by atoms with van der Waals surface area (Å²) in [6.07, 6.45) is 10.0. The predicted molar refractivity (Wildman–Crippen MR) is 31.6 cm³/mol. The average Bonchev–Trinajstić information content (AvgIpc) is 1.66. The van der Waals surface area contributed by atoms with Crippen LogP contribution >= 0.6 is 0 Å². The number of hydrogen-bond donors (Lipinski definition) is 6. The van der Waals surface area contributed by atoms with Crippen molar-refractivity contribution in [2.24, 2.45) is 25.8 Å². The molecule has 0 amide bonds. The maximum atomic E-state index is 5.00. The molecule has 12 N–H and O–H groups in total. The summed E-state index contributed by atoms with van der Waals surface area (Å²) >= 11 is -3.71. The van der Waals surface area contributed by atoms with Crippen molar-refractivity contribution >= 4 is 0 Å². The van der Waals surface area contributed by atoms with Crippen LogP contribution in [0.15, 0.2) is 0 Å². The fraction of sp³-hybridized carbons (Fsp3) is 0. The molecule has 8 heteroatoms. The van der Waals surface area contributed by atoms with Gasteiger partial charge in [0.15, 0.2) is 0 Å². The predicted octanol–water partition coefficient (Wildman–Crippen LogP) is -3.39. The van der Waals surface area contributed by atoms with Gasteiger partial charge in [0, 0.05) is 0 Å². The van der Waals surface area contributed by atoms with E-state index >= 15 is 0 Å². The summed E-state index contributed by atoms with van der Waals surface area (Å²) in [5.41, 5.74) is 0. The zero-order valence-corrected chi connectivity index (χ0v) is 9.29. The molecule has 0 saturated carbocycles. The van der Waals surface area contributed by atoms with Gasteiger partial charge >= 0.3 is 61.9 Å². The van der Waals surface area contributed by atoms with Crippen LogP contribution < -0.4 is 25.8 Å². The van der Waals surface area contributed by atoms with Crippen molar-refractivity contribution in [2.45, 2.75) is 0 Å². The summed E-state index contributed by atoms with van der Waals surface area (Å²) < 4.78 is 29.0. The van der Waals surface area contributed by atoms with Gasteiger partial charge in [0.2, 0.25) is 0 Å². The van der Waals surface area contributed by atoms with E-state index in [0.29, 0.717) is 0 Å². The Kier molecular flexibility index (Phi) is 27.8. The fourth-order valence-electron chi connectivity index (χ4n) is 0. The number of hydrogen-bond acceptors (Lipinski definition) is 6. The quantitative estimate of drug-likeness (QED) is 0.156. The summed E-state index contributed by atoms with van der Waals surface area (Å²) in [5.74, 6) is 0. The average molecular weight is 312 g/mol. The van der Waals surface area contributed by atoms with E-state index in [1.807, 2.05) is 0 Å². The molecule has 0 saturated heterocycles. The Morgan fingerprint density at radius 2 is 0.600 bits per heavy atom. The van der Waals surface area contributed by atoms with Crippen LogP contribution in [-0.2, 0) is 36.1 Å². The zero-order chi connectivity index (χ0) is 9.15. The second-order valence-corrected chi connectivity index (χ2v) is 4.83. The van der Waals surface area contributed by atoms with Crippen molar-refractivity contribution in [2.75, 3.05) is 0 Å². The van der Waals surface area contributed by atoms with Gasteiger partial charge in [-0.3, -0.25) is 0 Å². The SMILES string of the molecule is [C-]#[C-].[NH2][Mo+]([NH2])[NH2].[NH2][Mo+]([NH2])[NH2]. The van der Waals surface area contributed by atoms with Crippen molar-refractivity contribution in [1.82, 2.24) is 0 Å².